The van der Waals surface area contributed by atoms with Crippen LogP contribution in [0.25, 0.3) is 0 Å². The first-order valence-corrected chi connectivity index (χ1v) is 5.93. The van der Waals surface area contributed by atoms with Crippen molar-refractivity contribution in [2.45, 2.75) is 6.92 Å². The first-order valence-electron chi connectivity index (χ1n) is 5.52. The maximum absolute atomic E-state index is 5.42. The first kappa shape index (κ1) is 10.3. The lowest BCUT2D eigenvalue weighted by Gasteiger charge is -2.08. The molecular formula is C14H12N2S. The minimum absolute atomic E-state index is 0.762. The summed E-state index contributed by atoms with van der Waals surface area (Å²) in [6.07, 6.45) is 0. The quantitative estimate of drug-likeness (QED) is 0.684. The number of rotatable bonds is 0. The van der Waals surface area contributed by atoms with Crippen LogP contribution in [0.3, 0.4) is 0 Å². The Kier molecular flexibility index (Phi) is 2.34. The Morgan fingerprint density at radius 2 is 1.59 bits per heavy atom. The third-order valence-electron chi connectivity index (χ3n) is 2.86. The molecule has 1 aliphatic rings. The number of para-hydroxylation sites is 2. The van der Waals surface area contributed by atoms with Gasteiger partial charge in [0.1, 0.15) is 4.99 Å². The molecule has 0 saturated heterocycles. The lowest BCUT2D eigenvalue weighted by Crippen LogP contribution is -2.09. The van der Waals surface area contributed by atoms with Gasteiger partial charge in [-0.05, 0) is 36.8 Å². The summed E-state index contributed by atoms with van der Waals surface area (Å²) in [6, 6.07) is 14.3. The average molecular weight is 240 g/mol. The molecule has 1 aliphatic heterocycles. The molecule has 0 amide bonds. The molecule has 0 saturated carbocycles. The van der Waals surface area contributed by atoms with E-state index in [9.17, 15) is 0 Å². The van der Waals surface area contributed by atoms with Crippen molar-refractivity contribution in [3.63, 3.8) is 0 Å². The molecule has 84 valence electrons. The molecule has 0 bridgehead atoms. The summed E-state index contributed by atoms with van der Waals surface area (Å²) in [5.74, 6) is 0. The van der Waals surface area contributed by atoms with Gasteiger partial charge in [-0.3, -0.25) is 0 Å². The Bertz CT molecular complexity index is 605. The predicted molar refractivity (Wildman–Crippen MR) is 76.2 cm³/mol. The molecule has 1 heterocycles. The van der Waals surface area contributed by atoms with E-state index in [-0.39, 0.29) is 0 Å². The summed E-state index contributed by atoms with van der Waals surface area (Å²) in [6.45, 7) is 2.08. The highest BCUT2D eigenvalue weighted by Crippen LogP contribution is 2.32. The Labute approximate surface area is 106 Å². The van der Waals surface area contributed by atoms with E-state index in [1.54, 1.807) is 0 Å². The molecule has 0 radical (unpaired) electrons. The van der Waals surface area contributed by atoms with Gasteiger partial charge in [-0.15, -0.1) is 0 Å². The predicted octanol–water partition coefficient (Wildman–Crippen LogP) is 3.84. The maximum Gasteiger partial charge on any atom is 0.113 e. The molecule has 0 unspecified atom stereocenters. The molecule has 17 heavy (non-hydrogen) atoms. The van der Waals surface area contributed by atoms with Crippen LogP contribution in [0.5, 0.6) is 0 Å². The minimum atomic E-state index is 0.762. The zero-order valence-electron chi connectivity index (χ0n) is 9.45. The van der Waals surface area contributed by atoms with Crippen LogP contribution >= 0.6 is 12.2 Å². The molecule has 3 heteroatoms. The number of hydrogen-bond donors (Lipinski definition) is 2. The number of thiocarbonyl (C=S) groups is 1. The summed E-state index contributed by atoms with van der Waals surface area (Å²) in [4.78, 5) is 0.762. The van der Waals surface area contributed by atoms with Crippen molar-refractivity contribution in [1.82, 2.24) is 0 Å². The highest BCUT2D eigenvalue weighted by Gasteiger charge is 2.15. The minimum Gasteiger partial charge on any atom is -0.353 e. The van der Waals surface area contributed by atoms with Crippen molar-refractivity contribution in [2.75, 3.05) is 10.6 Å². The number of hydrogen-bond acceptors (Lipinski definition) is 2. The summed E-state index contributed by atoms with van der Waals surface area (Å²) in [5, 5.41) is 6.69. The fraction of sp³-hybridized carbons (Fsp3) is 0.0714. The van der Waals surface area contributed by atoms with Gasteiger partial charge in [0, 0.05) is 11.3 Å². The van der Waals surface area contributed by atoms with E-state index in [0.717, 1.165) is 27.6 Å². The van der Waals surface area contributed by atoms with Gasteiger partial charge in [-0.1, -0.05) is 30.4 Å². The van der Waals surface area contributed by atoms with E-state index in [0.29, 0.717) is 0 Å². The summed E-state index contributed by atoms with van der Waals surface area (Å²) < 4.78 is 0. The SMILES string of the molecule is Cc1ccc2c(c1)Nc1ccccc1NC2=S. The highest BCUT2D eigenvalue weighted by molar-refractivity contribution is 7.81. The second-order valence-corrected chi connectivity index (χ2v) is 4.58. The topological polar surface area (TPSA) is 24.1 Å². The lowest BCUT2D eigenvalue weighted by atomic mass is 10.1. The second kappa shape index (κ2) is 3.86. The molecule has 2 aromatic carbocycles. The van der Waals surface area contributed by atoms with Crippen LogP contribution in [-0.4, -0.2) is 4.99 Å². The Balaban J connectivity index is 2.18. The molecule has 0 atom stereocenters. The van der Waals surface area contributed by atoms with E-state index in [1.807, 2.05) is 24.3 Å². The monoisotopic (exact) mass is 240 g/mol. The van der Waals surface area contributed by atoms with Gasteiger partial charge in [-0.2, -0.15) is 0 Å². The number of fused-ring (bicyclic) bond motifs is 2. The molecule has 2 N–H and O–H groups in total. The van der Waals surface area contributed by atoms with E-state index < -0.39 is 0 Å². The third-order valence-corrected chi connectivity index (χ3v) is 3.19. The molecular weight excluding hydrogens is 228 g/mol. The van der Waals surface area contributed by atoms with E-state index in [2.05, 4.69) is 35.8 Å². The maximum atomic E-state index is 5.42. The van der Waals surface area contributed by atoms with E-state index >= 15 is 0 Å². The fourth-order valence-electron chi connectivity index (χ4n) is 2.00. The van der Waals surface area contributed by atoms with Gasteiger partial charge in [-0.25, -0.2) is 0 Å². The van der Waals surface area contributed by atoms with Crippen LogP contribution in [0.1, 0.15) is 11.1 Å². The second-order valence-electron chi connectivity index (χ2n) is 4.17. The molecule has 0 aliphatic carbocycles. The summed E-state index contributed by atoms with van der Waals surface area (Å²) in [7, 11) is 0. The van der Waals surface area contributed by atoms with E-state index in [4.69, 9.17) is 12.2 Å². The Morgan fingerprint density at radius 1 is 0.882 bits per heavy atom. The molecule has 2 nitrogen and oxygen atoms in total. The number of nitrogens with one attached hydrogen (secondary N) is 2. The smallest absolute Gasteiger partial charge is 0.113 e. The van der Waals surface area contributed by atoms with Crippen molar-refractivity contribution in [1.29, 1.82) is 0 Å². The lowest BCUT2D eigenvalue weighted by molar-refractivity contribution is 1.45. The molecule has 0 fully saturated rings. The molecule has 0 aromatic heterocycles. The van der Waals surface area contributed by atoms with Crippen LogP contribution in [0.4, 0.5) is 17.1 Å². The van der Waals surface area contributed by atoms with E-state index in [1.165, 1.54) is 5.56 Å². The van der Waals surface area contributed by atoms with Crippen molar-refractivity contribution in [2.24, 2.45) is 0 Å². The van der Waals surface area contributed by atoms with Gasteiger partial charge in [0.25, 0.3) is 0 Å². The molecule has 3 rings (SSSR count). The van der Waals surface area contributed by atoms with Crippen LogP contribution in [0.2, 0.25) is 0 Å². The van der Waals surface area contributed by atoms with Crippen LogP contribution in [-0.2, 0) is 0 Å². The fourth-order valence-corrected chi connectivity index (χ4v) is 2.28. The van der Waals surface area contributed by atoms with Crippen molar-refractivity contribution >= 4 is 34.3 Å². The normalized spacial score (nSPS) is 12.9. The van der Waals surface area contributed by atoms with Crippen LogP contribution in [0, 0.1) is 6.92 Å². The Morgan fingerprint density at radius 3 is 2.35 bits per heavy atom. The third kappa shape index (κ3) is 1.78. The zero-order chi connectivity index (χ0) is 11.8. The van der Waals surface area contributed by atoms with Crippen molar-refractivity contribution in [3.8, 4) is 0 Å². The van der Waals surface area contributed by atoms with Crippen LogP contribution < -0.4 is 10.6 Å². The van der Waals surface area contributed by atoms with Crippen molar-refractivity contribution in [3.05, 3.63) is 53.6 Å². The summed E-state index contributed by atoms with van der Waals surface area (Å²) >= 11 is 5.42. The Hall–Kier alpha value is -1.87. The molecule has 2 aromatic rings. The molecule has 0 spiro atoms. The highest BCUT2D eigenvalue weighted by atomic mass is 32.1. The average Bonchev–Trinajstić information content (AvgIpc) is 2.44. The largest absolute Gasteiger partial charge is 0.353 e. The van der Waals surface area contributed by atoms with Gasteiger partial charge in [0.05, 0.1) is 11.4 Å². The van der Waals surface area contributed by atoms with Gasteiger partial charge in [0.2, 0.25) is 0 Å². The first-order chi connectivity index (χ1) is 8.24. The van der Waals surface area contributed by atoms with Gasteiger partial charge in [0.15, 0.2) is 0 Å². The summed E-state index contributed by atoms with van der Waals surface area (Å²) in [5.41, 5.74) is 5.40. The van der Waals surface area contributed by atoms with Gasteiger partial charge < -0.3 is 10.6 Å². The number of aryl methyl sites for hydroxylation is 1. The standard InChI is InChI=1S/C14H12N2S/c1-9-6-7-10-13(8-9)15-11-4-2-3-5-12(11)16-14(10)17/h2-8,15H,1H3,(H,16,17). The zero-order valence-corrected chi connectivity index (χ0v) is 10.3. The van der Waals surface area contributed by atoms with Crippen LogP contribution in [0.15, 0.2) is 42.5 Å². The van der Waals surface area contributed by atoms with Gasteiger partial charge >= 0.3 is 0 Å². The number of benzene rings is 2. The number of anilines is 3. The van der Waals surface area contributed by atoms with Crippen molar-refractivity contribution < 1.29 is 0 Å².